The lowest BCUT2D eigenvalue weighted by Crippen LogP contribution is -2.25. The van der Waals surface area contributed by atoms with Gasteiger partial charge in [0.15, 0.2) is 0 Å². The molecular formula is C38H46ClN5O2. The molecular weight excluding hydrogens is 594 g/mol. The van der Waals surface area contributed by atoms with Crippen molar-refractivity contribution in [3.63, 3.8) is 0 Å². The van der Waals surface area contributed by atoms with Gasteiger partial charge in [-0.25, -0.2) is 9.97 Å². The van der Waals surface area contributed by atoms with E-state index in [1.54, 1.807) is 18.1 Å². The molecule has 0 unspecified atom stereocenters. The van der Waals surface area contributed by atoms with Gasteiger partial charge in [-0.15, -0.1) is 0 Å². The number of nitrogens with one attached hydrogen (secondary N) is 1. The number of rotatable bonds is 8. The number of aromatic nitrogens is 4. The van der Waals surface area contributed by atoms with Gasteiger partial charge in [-0.1, -0.05) is 121 Å². The lowest BCUT2D eigenvalue weighted by molar-refractivity contribution is 0.0941. The van der Waals surface area contributed by atoms with Crippen LogP contribution in [-0.4, -0.2) is 32.3 Å². The van der Waals surface area contributed by atoms with Gasteiger partial charge >= 0.3 is 0 Å². The van der Waals surface area contributed by atoms with E-state index in [-0.39, 0.29) is 16.7 Å². The third kappa shape index (κ3) is 8.94. The molecule has 2 aromatic heterocycles. The van der Waals surface area contributed by atoms with Crippen molar-refractivity contribution in [2.45, 2.75) is 78.7 Å². The lowest BCUT2D eigenvalue weighted by atomic mass is 9.86. The van der Waals surface area contributed by atoms with Gasteiger partial charge in [0.2, 0.25) is 5.88 Å². The Morgan fingerprint density at radius 3 is 2.00 bits per heavy atom. The molecule has 5 aromatic rings. The number of hydrogen-bond acceptors (Lipinski definition) is 5. The van der Waals surface area contributed by atoms with E-state index in [4.69, 9.17) is 16.3 Å². The fourth-order valence-corrected chi connectivity index (χ4v) is 5.33. The number of para-hydroxylation sites is 1. The number of fused-ring (bicyclic) bond motifs is 1. The van der Waals surface area contributed by atoms with E-state index in [9.17, 15) is 4.79 Å². The van der Waals surface area contributed by atoms with Crippen LogP contribution in [0, 0.1) is 0 Å². The van der Waals surface area contributed by atoms with Crippen molar-refractivity contribution in [2.24, 2.45) is 7.05 Å². The highest BCUT2D eigenvalue weighted by Crippen LogP contribution is 2.25. The number of halogens is 1. The van der Waals surface area contributed by atoms with Crippen LogP contribution in [0.5, 0.6) is 5.88 Å². The van der Waals surface area contributed by atoms with Gasteiger partial charge in [-0.3, -0.25) is 9.48 Å². The van der Waals surface area contributed by atoms with Crippen LogP contribution in [0.25, 0.3) is 10.9 Å². The highest BCUT2D eigenvalue weighted by Gasteiger charge is 2.20. The maximum absolute atomic E-state index is 12.4. The summed E-state index contributed by atoms with van der Waals surface area (Å²) in [5.74, 6) is 0.450. The Balaban J connectivity index is 0.000000209. The van der Waals surface area contributed by atoms with E-state index in [1.807, 2.05) is 43.3 Å². The van der Waals surface area contributed by atoms with Crippen LogP contribution in [0.3, 0.4) is 0 Å². The third-order valence-corrected chi connectivity index (χ3v) is 8.23. The molecule has 0 bridgehead atoms. The first-order valence-corrected chi connectivity index (χ1v) is 16.2. The van der Waals surface area contributed by atoms with Crippen LogP contribution < -0.4 is 10.1 Å². The molecule has 8 heteroatoms. The number of hydrogen-bond donors (Lipinski definition) is 1. The molecule has 7 nitrogen and oxygen atoms in total. The van der Waals surface area contributed by atoms with Crippen molar-refractivity contribution in [3.8, 4) is 5.88 Å². The maximum Gasteiger partial charge on any atom is 0.271 e. The van der Waals surface area contributed by atoms with E-state index in [2.05, 4.69) is 98.3 Å². The van der Waals surface area contributed by atoms with Crippen LogP contribution in [0.15, 0.2) is 79.1 Å². The number of carbonyl (C=O) groups excluding carboxylic acids is 1. The summed E-state index contributed by atoms with van der Waals surface area (Å²) < 4.78 is 7.41. The zero-order valence-electron chi connectivity index (χ0n) is 28.3. The minimum Gasteiger partial charge on any atom is -0.477 e. The predicted molar refractivity (Wildman–Crippen MR) is 188 cm³/mol. The zero-order valence-corrected chi connectivity index (χ0v) is 29.1. The largest absolute Gasteiger partial charge is 0.477 e. The average molecular weight is 640 g/mol. The summed E-state index contributed by atoms with van der Waals surface area (Å²) in [6.07, 6.45) is 3.12. The van der Waals surface area contributed by atoms with E-state index in [0.29, 0.717) is 36.2 Å². The molecule has 1 amide bonds. The fraction of sp³-hybridized carbons (Fsp3) is 0.368. The van der Waals surface area contributed by atoms with Crippen LogP contribution in [-0.2, 0) is 37.3 Å². The molecule has 0 atom stereocenters. The molecule has 5 rings (SSSR count). The van der Waals surface area contributed by atoms with Crippen LogP contribution >= 0.6 is 11.6 Å². The molecule has 0 aliphatic rings. The van der Waals surface area contributed by atoms with Gasteiger partial charge in [0.1, 0.15) is 12.0 Å². The first kappa shape index (κ1) is 34.6. The SMILES string of the molecule is CC(C)(C)c1ccc(CCOc2ncnc3ccccc23)cc1.CCc1nn(C)c(C(=O)NCc2ccc(C(C)(C)C)cc2)c1Cl. The third-order valence-electron chi connectivity index (χ3n) is 7.83. The molecule has 0 saturated carbocycles. The number of aryl methyl sites for hydroxylation is 2. The summed E-state index contributed by atoms with van der Waals surface area (Å²) in [6, 6.07) is 25.0. The Morgan fingerprint density at radius 2 is 1.43 bits per heavy atom. The number of amides is 1. The monoisotopic (exact) mass is 639 g/mol. The lowest BCUT2D eigenvalue weighted by Gasteiger charge is -2.19. The van der Waals surface area contributed by atoms with Crippen LogP contribution in [0.2, 0.25) is 5.02 Å². The predicted octanol–water partition coefficient (Wildman–Crippen LogP) is 8.41. The quantitative estimate of drug-likeness (QED) is 0.184. The Morgan fingerprint density at radius 1 is 0.848 bits per heavy atom. The number of benzene rings is 3. The summed E-state index contributed by atoms with van der Waals surface area (Å²) in [7, 11) is 1.73. The molecule has 242 valence electrons. The van der Waals surface area contributed by atoms with Gasteiger partial charge in [-0.05, 0) is 51.6 Å². The summed E-state index contributed by atoms with van der Waals surface area (Å²) >= 11 is 6.23. The highest BCUT2D eigenvalue weighted by molar-refractivity contribution is 6.34. The van der Waals surface area contributed by atoms with Gasteiger partial charge in [-0.2, -0.15) is 5.10 Å². The number of ether oxygens (including phenoxy) is 1. The standard InChI is InChI=1S/C20H22N2O.C18H24ClN3O/c1-20(2,3)16-10-8-15(9-11-16)12-13-23-19-17-6-4-5-7-18(17)21-14-22-19;1-6-14-15(19)16(22(5)21-14)17(23)20-11-12-7-9-13(10-8-12)18(2,3)4/h4-11,14H,12-13H2,1-3H3;7-10H,6,11H2,1-5H3,(H,20,23). The Kier molecular flexibility index (Phi) is 11.2. The first-order chi connectivity index (χ1) is 21.8. The minimum absolute atomic E-state index is 0.126. The Hall–Kier alpha value is -4.23. The molecule has 0 aliphatic carbocycles. The molecule has 0 saturated heterocycles. The summed E-state index contributed by atoms with van der Waals surface area (Å²) in [5.41, 5.74) is 7.33. The Labute approximate surface area is 278 Å². The number of carbonyl (C=O) groups is 1. The topological polar surface area (TPSA) is 81.9 Å². The van der Waals surface area contributed by atoms with Crippen LogP contribution in [0.1, 0.15) is 86.9 Å². The van der Waals surface area contributed by atoms with E-state index in [0.717, 1.165) is 28.6 Å². The molecule has 2 heterocycles. The summed E-state index contributed by atoms with van der Waals surface area (Å²) in [6.45, 7) is 16.3. The minimum atomic E-state index is -0.204. The Bertz CT molecular complexity index is 1740. The van der Waals surface area contributed by atoms with Gasteiger partial charge in [0.25, 0.3) is 5.91 Å². The van der Waals surface area contributed by atoms with Crippen molar-refractivity contribution in [1.82, 2.24) is 25.1 Å². The normalized spacial score (nSPS) is 11.6. The second-order valence-corrected chi connectivity index (χ2v) is 13.8. The smallest absolute Gasteiger partial charge is 0.271 e. The summed E-state index contributed by atoms with van der Waals surface area (Å²) in [4.78, 5) is 20.9. The van der Waals surface area contributed by atoms with E-state index < -0.39 is 0 Å². The maximum atomic E-state index is 12.4. The van der Waals surface area contributed by atoms with Crippen molar-refractivity contribution >= 4 is 28.4 Å². The molecule has 46 heavy (non-hydrogen) atoms. The van der Waals surface area contributed by atoms with Crippen molar-refractivity contribution in [2.75, 3.05) is 6.61 Å². The fourth-order valence-electron chi connectivity index (χ4n) is 4.95. The second-order valence-electron chi connectivity index (χ2n) is 13.5. The van der Waals surface area contributed by atoms with Crippen molar-refractivity contribution in [1.29, 1.82) is 0 Å². The van der Waals surface area contributed by atoms with Crippen molar-refractivity contribution < 1.29 is 9.53 Å². The van der Waals surface area contributed by atoms with Crippen molar-refractivity contribution in [3.05, 3.63) is 118 Å². The average Bonchev–Trinajstić information content (AvgIpc) is 3.32. The first-order valence-electron chi connectivity index (χ1n) is 15.8. The van der Waals surface area contributed by atoms with E-state index in [1.165, 1.54) is 16.7 Å². The molecule has 1 N–H and O–H groups in total. The molecule has 0 fully saturated rings. The van der Waals surface area contributed by atoms with Crippen LogP contribution in [0.4, 0.5) is 0 Å². The summed E-state index contributed by atoms with van der Waals surface area (Å²) in [5, 5.41) is 8.57. The molecule has 3 aromatic carbocycles. The molecule has 0 radical (unpaired) electrons. The van der Waals surface area contributed by atoms with Gasteiger partial charge in [0.05, 0.1) is 28.2 Å². The molecule has 0 spiro atoms. The van der Waals surface area contributed by atoms with E-state index >= 15 is 0 Å². The molecule has 0 aliphatic heterocycles. The second kappa shape index (κ2) is 14.9. The number of nitrogens with zero attached hydrogens (tertiary/aromatic N) is 4. The zero-order chi connectivity index (χ0) is 33.5. The van der Waals surface area contributed by atoms with Gasteiger partial charge in [0, 0.05) is 20.0 Å². The van der Waals surface area contributed by atoms with Gasteiger partial charge < -0.3 is 10.1 Å². The highest BCUT2D eigenvalue weighted by atomic mass is 35.5.